The Hall–Kier alpha value is -3.14. The fourth-order valence-electron chi connectivity index (χ4n) is 4.69. The molecular weight excluding hydrogens is 496 g/mol. The molecule has 10 heteroatoms. The van der Waals surface area contributed by atoms with Crippen LogP contribution < -0.4 is 9.62 Å². The van der Waals surface area contributed by atoms with E-state index in [2.05, 4.69) is 44.4 Å². The zero-order valence-corrected chi connectivity index (χ0v) is 22.1. The van der Waals surface area contributed by atoms with Crippen LogP contribution in [-0.2, 0) is 17.1 Å². The van der Waals surface area contributed by atoms with Crippen molar-refractivity contribution in [2.45, 2.75) is 24.8 Å². The van der Waals surface area contributed by atoms with Gasteiger partial charge in [-0.05, 0) is 44.2 Å². The molecule has 0 saturated carbocycles. The molecule has 0 aliphatic carbocycles. The summed E-state index contributed by atoms with van der Waals surface area (Å²) in [4.78, 5) is 14.0. The largest absolute Gasteiger partial charge is 0.368 e. The van der Waals surface area contributed by atoms with Crippen LogP contribution in [0, 0.1) is 0 Å². The fourth-order valence-corrected chi connectivity index (χ4v) is 6.06. The number of benzene rings is 1. The Morgan fingerprint density at radius 1 is 1.06 bits per heavy atom. The van der Waals surface area contributed by atoms with E-state index in [1.54, 1.807) is 24.4 Å². The van der Waals surface area contributed by atoms with Gasteiger partial charge in [-0.2, -0.15) is 0 Å². The smallest absolute Gasteiger partial charge is 0.261 e. The summed E-state index contributed by atoms with van der Waals surface area (Å²) < 4.78 is 31.0. The predicted octanol–water partition coefficient (Wildman–Crippen LogP) is 4.62. The van der Waals surface area contributed by atoms with Crippen molar-refractivity contribution in [1.29, 1.82) is 0 Å². The fraction of sp³-hybridized carbons (Fsp3) is 0.308. The van der Waals surface area contributed by atoms with Crippen LogP contribution in [0.2, 0.25) is 5.02 Å². The van der Waals surface area contributed by atoms with Crippen molar-refractivity contribution < 1.29 is 8.42 Å². The Morgan fingerprint density at radius 2 is 1.83 bits per heavy atom. The number of pyridine rings is 2. The first kappa shape index (κ1) is 24.5. The highest BCUT2D eigenvalue weighted by Gasteiger charge is 2.22. The van der Waals surface area contributed by atoms with Gasteiger partial charge in [0.15, 0.2) is 0 Å². The van der Waals surface area contributed by atoms with Gasteiger partial charge in [0.1, 0.15) is 5.65 Å². The number of nitrogens with zero attached hydrogens (tertiary/aromatic N) is 5. The summed E-state index contributed by atoms with van der Waals surface area (Å²) in [5.41, 5.74) is 3.94. The Balaban J connectivity index is 1.52. The van der Waals surface area contributed by atoms with Crippen LogP contribution in [0.1, 0.15) is 13.8 Å². The van der Waals surface area contributed by atoms with E-state index in [-0.39, 0.29) is 4.90 Å². The second-order valence-electron chi connectivity index (χ2n) is 9.32. The van der Waals surface area contributed by atoms with Gasteiger partial charge in [0, 0.05) is 74.0 Å². The highest BCUT2D eigenvalue weighted by Crippen LogP contribution is 2.36. The van der Waals surface area contributed by atoms with Gasteiger partial charge in [0.05, 0.1) is 27.9 Å². The zero-order chi connectivity index (χ0) is 25.4. The topological polar surface area (TPSA) is 83.4 Å². The standard InChI is InChI=1S/C26H29ClN6O2S/c1-18(2)32-9-11-33(12-10-32)21-13-19(15-28-16-21)23-17-31(3)26-25(23)24(7-8-29-26)30-36(34,35)22-6-4-5-20(27)14-22/h4-8,13-18H,9-12H2,1-3H3,(H,29,30). The molecule has 1 aromatic carbocycles. The molecule has 0 atom stereocenters. The van der Waals surface area contributed by atoms with Gasteiger partial charge in [0.2, 0.25) is 0 Å². The monoisotopic (exact) mass is 524 g/mol. The van der Waals surface area contributed by atoms with Crippen LogP contribution in [0.5, 0.6) is 0 Å². The van der Waals surface area contributed by atoms with Gasteiger partial charge >= 0.3 is 0 Å². The van der Waals surface area contributed by atoms with E-state index in [0.717, 1.165) is 43.0 Å². The van der Waals surface area contributed by atoms with Crippen molar-refractivity contribution in [3.8, 4) is 11.1 Å². The van der Waals surface area contributed by atoms with E-state index in [4.69, 9.17) is 11.6 Å². The first-order valence-corrected chi connectivity index (χ1v) is 13.8. The van der Waals surface area contributed by atoms with Crippen molar-refractivity contribution in [3.05, 3.63) is 66.2 Å². The highest BCUT2D eigenvalue weighted by atomic mass is 35.5. The number of sulfonamides is 1. The van der Waals surface area contributed by atoms with Crippen LogP contribution in [0.3, 0.4) is 0 Å². The van der Waals surface area contributed by atoms with Crippen molar-refractivity contribution in [2.24, 2.45) is 7.05 Å². The third-order valence-corrected chi connectivity index (χ3v) is 8.25. The molecule has 4 heterocycles. The molecule has 188 valence electrons. The molecule has 5 rings (SSSR count). The Bertz CT molecular complexity index is 1510. The SMILES string of the molecule is CC(C)N1CCN(c2cncc(-c3cn(C)c4nccc(NS(=O)(=O)c5cccc(Cl)c5)c34)c2)CC1. The maximum Gasteiger partial charge on any atom is 0.261 e. The number of hydrogen-bond donors (Lipinski definition) is 1. The number of fused-ring (bicyclic) bond motifs is 1. The number of aromatic nitrogens is 3. The number of rotatable bonds is 6. The van der Waals surface area contributed by atoms with Crippen LogP contribution in [0.4, 0.5) is 11.4 Å². The Morgan fingerprint density at radius 3 is 2.56 bits per heavy atom. The van der Waals surface area contributed by atoms with Crippen LogP contribution in [-0.4, -0.2) is 60.1 Å². The van der Waals surface area contributed by atoms with Crippen molar-refractivity contribution in [2.75, 3.05) is 35.8 Å². The molecule has 0 spiro atoms. The molecule has 1 N–H and O–H groups in total. The summed E-state index contributed by atoms with van der Waals surface area (Å²) in [6, 6.07) is 10.5. The van der Waals surface area contributed by atoms with Crippen LogP contribution >= 0.6 is 11.6 Å². The molecule has 0 unspecified atom stereocenters. The van der Waals surface area contributed by atoms with E-state index in [0.29, 0.717) is 27.8 Å². The quantitative estimate of drug-likeness (QED) is 0.396. The normalized spacial score (nSPS) is 15.1. The van der Waals surface area contributed by atoms with Crippen LogP contribution in [0.15, 0.2) is 66.1 Å². The molecule has 1 saturated heterocycles. The number of piperazine rings is 1. The first-order valence-electron chi connectivity index (χ1n) is 11.9. The number of aryl methyl sites for hydroxylation is 1. The summed E-state index contributed by atoms with van der Waals surface area (Å²) in [5, 5.41) is 1.07. The number of anilines is 2. The second kappa shape index (κ2) is 9.72. The maximum absolute atomic E-state index is 13.2. The Labute approximate surface area is 216 Å². The Kier molecular flexibility index (Phi) is 6.63. The molecule has 8 nitrogen and oxygen atoms in total. The molecule has 1 aliphatic heterocycles. The number of halogens is 1. The van der Waals surface area contributed by atoms with E-state index >= 15 is 0 Å². The average Bonchev–Trinajstić information content (AvgIpc) is 3.21. The van der Waals surface area contributed by atoms with E-state index in [1.807, 2.05) is 30.2 Å². The molecule has 3 aromatic heterocycles. The molecule has 36 heavy (non-hydrogen) atoms. The third kappa shape index (κ3) is 4.78. The molecule has 4 aromatic rings. The summed E-state index contributed by atoms with van der Waals surface area (Å²) in [6.45, 7) is 8.34. The van der Waals surface area contributed by atoms with Crippen LogP contribution in [0.25, 0.3) is 22.2 Å². The number of hydrogen-bond acceptors (Lipinski definition) is 6. The lowest BCUT2D eigenvalue weighted by molar-refractivity contribution is 0.209. The lowest BCUT2D eigenvalue weighted by Gasteiger charge is -2.38. The van der Waals surface area contributed by atoms with E-state index in [1.165, 1.54) is 12.1 Å². The molecule has 1 aliphatic rings. The highest BCUT2D eigenvalue weighted by molar-refractivity contribution is 7.92. The lowest BCUT2D eigenvalue weighted by Crippen LogP contribution is -2.48. The summed E-state index contributed by atoms with van der Waals surface area (Å²) in [6.07, 6.45) is 7.27. The summed E-state index contributed by atoms with van der Waals surface area (Å²) in [7, 11) is -1.96. The van der Waals surface area contributed by atoms with E-state index in [9.17, 15) is 8.42 Å². The second-order valence-corrected chi connectivity index (χ2v) is 11.4. The van der Waals surface area contributed by atoms with Gasteiger partial charge in [-0.25, -0.2) is 13.4 Å². The number of nitrogens with one attached hydrogen (secondary N) is 1. The molecular formula is C26H29ClN6O2S. The summed E-state index contributed by atoms with van der Waals surface area (Å²) in [5.74, 6) is 0. The molecule has 0 amide bonds. The van der Waals surface area contributed by atoms with Crippen molar-refractivity contribution >= 4 is 44.0 Å². The van der Waals surface area contributed by atoms with Gasteiger partial charge in [-0.1, -0.05) is 17.7 Å². The average molecular weight is 525 g/mol. The third-order valence-electron chi connectivity index (χ3n) is 6.65. The minimum Gasteiger partial charge on any atom is -0.368 e. The van der Waals surface area contributed by atoms with Crippen molar-refractivity contribution in [3.63, 3.8) is 0 Å². The maximum atomic E-state index is 13.2. The first-order chi connectivity index (χ1) is 17.2. The van der Waals surface area contributed by atoms with Gasteiger partial charge in [-0.3, -0.25) is 14.6 Å². The predicted molar refractivity (Wildman–Crippen MR) is 145 cm³/mol. The van der Waals surface area contributed by atoms with Gasteiger partial charge in [-0.15, -0.1) is 0 Å². The lowest BCUT2D eigenvalue weighted by atomic mass is 10.1. The minimum absolute atomic E-state index is 0.0987. The molecule has 0 bridgehead atoms. The van der Waals surface area contributed by atoms with Gasteiger partial charge in [0.25, 0.3) is 10.0 Å². The van der Waals surface area contributed by atoms with Crippen molar-refractivity contribution in [1.82, 2.24) is 19.4 Å². The molecule has 1 fully saturated rings. The zero-order valence-electron chi connectivity index (χ0n) is 20.5. The minimum atomic E-state index is -3.85. The summed E-state index contributed by atoms with van der Waals surface area (Å²) >= 11 is 6.04. The van der Waals surface area contributed by atoms with Gasteiger partial charge < -0.3 is 9.47 Å². The van der Waals surface area contributed by atoms with E-state index < -0.39 is 10.0 Å². The molecule has 0 radical (unpaired) electrons.